The number of benzene rings is 2. The third-order valence-corrected chi connectivity index (χ3v) is 4.54. The third kappa shape index (κ3) is 2.31. The summed E-state index contributed by atoms with van der Waals surface area (Å²) in [5.74, 6) is 0. The summed E-state index contributed by atoms with van der Waals surface area (Å²) >= 11 is 1.64. The molecule has 0 aromatic heterocycles. The lowest BCUT2D eigenvalue weighted by Crippen LogP contribution is -2.26. The van der Waals surface area contributed by atoms with Crippen LogP contribution in [0.1, 0.15) is 16.7 Å². The molecule has 22 heavy (non-hydrogen) atoms. The van der Waals surface area contributed by atoms with Gasteiger partial charge in [0.25, 0.3) is 0 Å². The van der Waals surface area contributed by atoms with E-state index < -0.39 is 0 Å². The molecular formula is C18H15N3S. The summed E-state index contributed by atoms with van der Waals surface area (Å²) in [4.78, 5) is 2.15. The number of aryl methyl sites for hydroxylation is 1. The zero-order valence-corrected chi connectivity index (χ0v) is 13.0. The lowest BCUT2D eigenvalue weighted by Gasteiger charge is -2.24. The molecule has 108 valence electrons. The maximum atomic E-state index is 4.48. The van der Waals surface area contributed by atoms with Gasteiger partial charge in [0.15, 0.2) is 5.17 Å². The topological polar surface area (TPSA) is 27.6 Å². The summed E-state index contributed by atoms with van der Waals surface area (Å²) in [6.07, 6.45) is 2.11. The van der Waals surface area contributed by atoms with Gasteiger partial charge in [-0.2, -0.15) is 0 Å². The Balaban J connectivity index is 1.69. The fourth-order valence-corrected chi connectivity index (χ4v) is 3.31. The molecule has 4 heteroatoms. The minimum Gasteiger partial charge on any atom is -0.291 e. The van der Waals surface area contributed by atoms with Gasteiger partial charge in [-0.3, -0.25) is 10.3 Å². The highest BCUT2D eigenvalue weighted by atomic mass is 32.2. The van der Waals surface area contributed by atoms with E-state index in [0.29, 0.717) is 0 Å². The molecule has 2 aromatic carbocycles. The number of nitrogens with one attached hydrogen (secondary N) is 1. The first kappa shape index (κ1) is 13.2. The Bertz CT molecular complexity index is 789. The molecule has 1 N–H and O–H groups in total. The van der Waals surface area contributed by atoms with Crippen LogP contribution in [0.2, 0.25) is 0 Å². The summed E-state index contributed by atoms with van der Waals surface area (Å²) in [5.41, 5.74) is 8.91. The number of fused-ring (bicyclic) bond motifs is 1. The largest absolute Gasteiger partial charge is 0.291 e. The van der Waals surface area contributed by atoms with E-state index >= 15 is 0 Å². The molecule has 2 aromatic rings. The van der Waals surface area contributed by atoms with Gasteiger partial charge in [-0.05, 0) is 12.5 Å². The molecule has 0 fully saturated rings. The zero-order chi connectivity index (χ0) is 14.9. The van der Waals surface area contributed by atoms with E-state index in [9.17, 15) is 0 Å². The zero-order valence-electron chi connectivity index (χ0n) is 12.2. The normalized spacial score (nSPS) is 16.4. The average molecular weight is 305 g/mol. The lowest BCUT2D eigenvalue weighted by atomic mass is 10.1. The van der Waals surface area contributed by atoms with Gasteiger partial charge >= 0.3 is 0 Å². The molecule has 0 saturated carbocycles. The highest BCUT2D eigenvalue weighted by Gasteiger charge is 2.26. The maximum absolute atomic E-state index is 4.48. The van der Waals surface area contributed by atoms with Crippen molar-refractivity contribution in [3.05, 3.63) is 82.9 Å². The molecular weight excluding hydrogens is 290 g/mol. The quantitative estimate of drug-likeness (QED) is 0.900. The summed E-state index contributed by atoms with van der Waals surface area (Å²) < 4.78 is 0. The van der Waals surface area contributed by atoms with E-state index in [2.05, 4.69) is 70.4 Å². The molecule has 0 spiro atoms. The fourth-order valence-electron chi connectivity index (χ4n) is 2.48. The second-order valence-electron chi connectivity index (χ2n) is 5.27. The van der Waals surface area contributed by atoms with Crippen LogP contribution in [0.4, 0.5) is 0 Å². The second kappa shape index (κ2) is 5.39. The molecule has 0 amide bonds. The molecule has 3 nitrogen and oxygen atoms in total. The van der Waals surface area contributed by atoms with Crippen LogP contribution >= 0.6 is 11.8 Å². The van der Waals surface area contributed by atoms with Crippen molar-refractivity contribution in [1.29, 1.82) is 0 Å². The van der Waals surface area contributed by atoms with E-state index in [1.165, 1.54) is 16.8 Å². The van der Waals surface area contributed by atoms with Crippen molar-refractivity contribution in [2.45, 2.75) is 6.92 Å². The first-order valence-electron chi connectivity index (χ1n) is 7.15. The number of rotatable bonds is 2. The molecule has 0 radical (unpaired) electrons. The summed E-state index contributed by atoms with van der Waals surface area (Å²) in [7, 11) is 0. The minimum absolute atomic E-state index is 0.954. The molecule has 4 rings (SSSR count). The molecule has 2 aliphatic rings. The van der Waals surface area contributed by atoms with Gasteiger partial charge in [0.1, 0.15) is 0 Å². The van der Waals surface area contributed by atoms with E-state index in [-0.39, 0.29) is 0 Å². The SMILES string of the molecule is Cc1ccc(C2=CSC3=NNC(c4ccccc4)=CN23)cc1. The molecule has 2 aliphatic heterocycles. The predicted molar refractivity (Wildman–Crippen MR) is 93.6 cm³/mol. The minimum atomic E-state index is 0.954. The third-order valence-electron chi connectivity index (χ3n) is 3.70. The Labute approximate surface area is 134 Å². The van der Waals surface area contributed by atoms with Gasteiger partial charge < -0.3 is 0 Å². The molecule has 0 unspecified atom stereocenters. The number of thioether (sulfide) groups is 1. The van der Waals surface area contributed by atoms with Crippen LogP contribution in [-0.2, 0) is 0 Å². The van der Waals surface area contributed by atoms with Gasteiger partial charge in [-0.15, -0.1) is 5.10 Å². The smallest absolute Gasteiger partial charge is 0.196 e. The van der Waals surface area contributed by atoms with E-state index in [1.54, 1.807) is 11.8 Å². The first-order valence-corrected chi connectivity index (χ1v) is 8.03. The van der Waals surface area contributed by atoms with Crippen LogP contribution in [0.3, 0.4) is 0 Å². The standard InChI is InChI=1S/C18H15N3S/c1-13-7-9-15(10-8-13)17-12-22-18-20-19-16(11-21(17)18)14-5-3-2-4-6-14/h2-12,19H,1H3. The van der Waals surface area contributed by atoms with Crippen molar-refractivity contribution in [2.75, 3.05) is 0 Å². The number of hydrogen-bond acceptors (Lipinski definition) is 4. The summed E-state index contributed by atoms with van der Waals surface area (Å²) in [6, 6.07) is 18.8. The van der Waals surface area contributed by atoms with Gasteiger partial charge in [-0.25, -0.2) is 0 Å². The predicted octanol–water partition coefficient (Wildman–Crippen LogP) is 4.22. The Hall–Kier alpha value is -2.46. The number of hydrazone groups is 1. The molecule has 0 atom stereocenters. The van der Waals surface area contributed by atoms with Crippen molar-refractivity contribution in [3.63, 3.8) is 0 Å². The van der Waals surface area contributed by atoms with Crippen molar-refractivity contribution in [1.82, 2.24) is 10.3 Å². The van der Waals surface area contributed by atoms with Gasteiger partial charge in [0, 0.05) is 17.2 Å². The summed E-state index contributed by atoms with van der Waals surface area (Å²) in [5, 5.41) is 7.58. The Morgan fingerprint density at radius 2 is 1.73 bits per heavy atom. The highest BCUT2D eigenvalue weighted by molar-refractivity contribution is 8.16. The van der Waals surface area contributed by atoms with Gasteiger partial charge in [0.2, 0.25) is 0 Å². The van der Waals surface area contributed by atoms with Crippen LogP contribution in [-0.4, -0.2) is 10.1 Å². The number of amidine groups is 1. The monoisotopic (exact) mass is 305 g/mol. The van der Waals surface area contributed by atoms with Crippen LogP contribution in [0.25, 0.3) is 11.4 Å². The van der Waals surface area contributed by atoms with E-state index in [1.807, 2.05) is 18.2 Å². The van der Waals surface area contributed by atoms with Crippen molar-refractivity contribution in [3.8, 4) is 0 Å². The Morgan fingerprint density at radius 1 is 0.955 bits per heavy atom. The van der Waals surface area contributed by atoms with Crippen LogP contribution in [0.15, 0.2) is 71.3 Å². The summed E-state index contributed by atoms with van der Waals surface area (Å²) in [6.45, 7) is 2.10. The highest BCUT2D eigenvalue weighted by Crippen LogP contribution is 2.36. The Morgan fingerprint density at radius 3 is 2.50 bits per heavy atom. The van der Waals surface area contributed by atoms with E-state index in [4.69, 9.17) is 0 Å². The van der Waals surface area contributed by atoms with Crippen molar-refractivity contribution in [2.24, 2.45) is 5.10 Å². The molecule has 0 aliphatic carbocycles. The Kier molecular flexibility index (Phi) is 3.24. The maximum Gasteiger partial charge on any atom is 0.196 e. The molecule has 0 bridgehead atoms. The van der Waals surface area contributed by atoms with Gasteiger partial charge in [0.05, 0.1) is 11.4 Å². The van der Waals surface area contributed by atoms with Crippen molar-refractivity contribution < 1.29 is 0 Å². The van der Waals surface area contributed by atoms with Crippen molar-refractivity contribution >= 4 is 28.3 Å². The average Bonchev–Trinajstić information content (AvgIpc) is 2.99. The lowest BCUT2D eigenvalue weighted by molar-refractivity contribution is 0.759. The number of nitrogens with zero attached hydrogens (tertiary/aromatic N) is 2. The van der Waals surface area contributed by atoms with Crippen LogP contribution in [0.5, 0.6) is 0 Å². The number of hydrogen-bond donors (Lipinski definition) is 1. The second-order valence-corrected chi connectivity index (χ2v) is 6.11. The molecule has 0 saturated heterocycles. The fraction of sp³-hybridized carbons (Fsp3) is 0.0556. The van der Waals surface area contributed by atoms with Crippen LogP contribution in [0, 0.1) is 6.92 Å². The molecule has 2 heterocycles. The van der Waals surface area contributed by atoms with Gasteiger partial charge in [-0.1, -0.05) is 71.9 Å². The van der Waals surface area contributed by atoms with E-state index in [0.717, 1.165) is 16.4 Å². The first-order chi connectivity index (χ1) is 10.8. The van der Waals surface area contributed by atoms with Crippen LogP contribution < -0.4 is 5.43 Å².